The van der Waals surface area contributed by atoms with Gasteiger partial charge in [-0.15, -0.1) is 0 Å². The highest BCUT2D eigenvalue weighted by Gasteiger charge is 2.16. The highest BCUT2D eigenvalue weighted by atomic mass is 17.2. The lowest BCUT2D eigenvalue weighted by Crippen LogP contribution is -2.25. The smallest absolute Gasteiger partial charge is 0.246 e. The van der Waals surface area contributed by atoms with Crippen molar-refractivity contribution < 1.29 is 19.4 Å². The van der Waals surface area contributed by atoms with Crippen molar-refractivity contribution in [3.8, 4) is 5.75 Å². The molecular weight excluding hydrogens is 234 g/mol. The third kappa shape index (κ3) is 2.80. The lowest BCUT2D eigenvalue weighted by molar-refractivity contribution is -0.215. The molecule has 18 heavy (non-hydrogen) atoms. The number of rotatable bonds is 4. The van der Waals surface area contributed by atoms with Crippen LogP contribution in [-0.4, -0.2) is 31.7 Å². The molecule has 0 fully saturated rings. The third-order valence-electron chi connectivity index (χ3n) is 3.05. The number of hydroxylamine groups is 2. The van der Waals surface area contributed by atoms with Crippen LogP contribution in [0, 0.1) is 0 Å². The van der Waals surface area contributed by atoms with Crippen molar-refractivity contribution in [3.05, 3.63) is 29.3 Å². The Bertz CT molecular complexity index is 433. The van der Waals surface area contributed by atoms with Crippen LogP contribution in [0.25, 0.3) is 0 Å². The predicted molar refractivity (Wildman–Crippen MR) is 64.8 cm³/mol. The van der Waals surface area contributed by atoms with Gasteiger partial charge in [0.2, 0.25) is 5.91 Å². The Morgan fingerprint density at radius 2 is 2.33 bits per heavy atom. The number of benzene rings is 1. The molecule has 1 aromatic carbocycles. The Kier molecular flexibility index (Phi) is 4.17. The molecule has 1 amide bonds. The number of carbonyl (C=O) groups excluding carboxylic acids is 1. The topological polar surface area (TPSA) is 48.0 Å². The van der Waals surface area contributed by atoms with E-state index in [0.717, 1.165) is 23.3 Å². The van der Waals surface area contributed by atoms with Crippen molar-refractivity contribution >= 4 is 5.91 Å². The van der Waals surface area contributed by atoms with Crippen LogP contribution in [0.1, 0.15) is 17.5 Å². The molecule has 0 saturated heterocycles. The normalized spacial score (nSPS) is 13.7. The predicted octanol–water partition coefficient (Wildman–Crippen LogP) is 1.51. The van der Waals surface area contributed by atoms with Gasteiger partial charge in [-0.25, -0.2) is 5.06 Å². The summed E-state index contributed by atoms with van der Waals surface area (Å²) in [6.07, 6.45) is 1.92. The SMILES string of the molecule is CON(C)C(=O)CCc1cccc2c1CCOO2. The average Bonchev–Trinajstić information content (AvgIpc) is 2.43. The van der Waals surface area contributed by atoms with Gasteiger partial charge >= 0.3 is 0 Å². The summed E-state index contributed by atoms with van der Waals surface area (Å²) in [5.74, 6) is 0.717. The summed E-state index contributed by atoms with van der Waals surface area (Å²) < 4.78 is 0. The molecule has 0 unspecified atom stereocenters. The monoisotopic (exact) mass is 251 g/mol. The molecule has 0 atom stereocenters. The second-order valence-corrected chi connectivity index (χ2v) is 4.12. The molecule has 0 bridgehead atoms. The van der Waals surface area contributed by atoms with Crippen LogP contribution in [0.3, 0.4) is 0 Å². The molecule has 5 heteroatoms. The Morgan fingerprint density at radius 1 is 1.50 bits per heavy atom. The molecule has 0 saturated carbocycles. The van der Waals surface area contributed by atoms with E-state index in [9.17, 15) is 4.79 Å². The van der Waals surface area contributed by atoms with Crippen molar-refractivity contribution in [2.45, 2.75) is 19.3 Å². The standard InChI is InChI=1S/C13H17NO4/c1-14(16-2)13(15)7-6-10-4-3-5-12-11(10)8-9-17-18-12/h3-5H,6-9H2,1-2H3. The van der Waals surface area contributed by atoms with E-state index in [-0.39, 0.29) is 5.91 Å². The van der Waals surface area contributed by atoms with E-state index in [1.807, 2.05) is 18.2 Å². The fraction of sp³-hybridized carbons (Fsp3) is 0.462. The van der Waals surface area contributed by atoms with Gasteiger partial charge in [-0.3, -0.25) is 9.63 Å². The first-order chi connectivity index (χ1) is 8.72. The van der Waals surface area contributed by atoms with Gasteiger partial charge in [-0.1, -0.05) is 12.1 Å². The zero-order chi connectivity index (χ0) is 13.0. The number of hydrogen-bond acceptors (Lipinski definition) is 4. The maximum atomic E-state index is 11.7. The summed E-state index contributed by atoms with van der Waals surface area (Å²) in [6, 6.07) is 5.81. The highest BCUT2D eigenvalue weighted by molar-refractivity contribution is 5.75. The molecular formula is C13H17NO4. The molecule has 5 nitrogen and oxygen atoms in total. The summed E-state index contributed by atoms with van der Waals surface area (Å²) in [6.45, 7) is 0.552. The number of hydrogen-bond donors (Lipinski definition) is 0. The van der Waals surface area contributed by atoms with Gasteiger partial charge in [0.15, 0.2) is 5.75 Å². The van der Waals surface area contributed by atoms with Gasteiger partial charge in [0.1, 0.15) is 0 Å². The molecule has 0 spiro atoms. The summed E-state index contributed by atoms with van der Waals surface area (Å²) in [5.41, 5.74) is 2.27. The zero-order valence-corrected chi connectivity index (χ0v) is 10.6. The van der Waals surface area contributed by atoms with E-state index in [4.69, 9.17) is 14.6 Å². The third-order valence-corrected chi connectivity index (χ3v) is 3.05. The first-order valence-corrected chi connectivity index (χ1v) is 5.93. The molecule has 0 radical (unpaired) electrons. The van der Waals surface area contributed by atoms with Crippen LogP contribution in [0.5, 0.6) is 5.75 Å². The molecule has 0 aliphatic carbocycles. The maximum Gasteiger partial charge on any atom is 0.246 e. The van der Waals surface area contributed by atoms with Crippen LogP contribution >= 0.6 is 0 Å². The summed E-state index contributed by atoms with van der Waals surface area (Å²) in [7, 11) is 3.09. The van der Waals surface area contributed by atoms with Crippen LogP contribution in [-0.2, 0) is 27.4 Å². The molecule has 0 N–H and O–H groups in total. The lowest BCUT2D eigenvalue weighted by atomic mass is 9.99. The van der Waals surface area contributed by atoms with E-state index >= 15 is 0 Å². The largest absolute Gasteiger partial charge is 0.337 e. The molecule has 2 rings (SSSR count). The summed E-state index contributed by atoms with van der Waals surface area (Å²) >= 11 is 0. The molecule has 0 aromatic heterocycles. The lowest BCUT2D eigenvalue weighted by Gasteiger charge is -2.19. The minimum absolute atomic E-state index is 0.0388. The number of nitrogens with zero attached hydrogens (tertiary/aromatic N) is 1. The Balaban J connectivity index is 2.03. The van der Waals surface area contributed by atoms with E-state index in [0.29, 0.717) is 19.4 Å². The van der Waals surface area contributed by atoms with Crippen LogP contribution in [0.2, 0.25) is 0 Å². The van der Waals surface area contributed by atoms with Gasteiger partial charge < -0.3 is 4.89 Å². The number of carbonyl (C=O) groups is 1. The number of aryl methyl sites for hydroxylation is 1. The summed E-state index contributed by atoms with van der Waals surface area (Å²) in [5, 5.41) is 1.25. The zero-order valence-electron chi connectivity index (χ0n) is 10.6. The first kappa shape index (κ1) is 12.9. The fourth-order valence-electron chi connectivity index (χ4n) is 1.96. The molecule has 1 aromatic rings. The fourth-order valence-corrected chi connectivity index (χ4v) is 1.96. The quantitative estimate of drug-likeness (QED) is 0.601. The molecule has 1 heterocycles. The van der Waals surface area contributed by atoms with Gasteiger partial charge in [0, 0.05) is 25.5 Å². The first-order valence-electron chi connectivity index (χ1n) is 5.93. The molecule has 1 aliphatic rings. The van der Waals surface area contributed by atoms with Crippen molar-refractivity contribution in [1.82, 2.24) is 5.06 Å². The Hall–Kier alpha value is -1.59. The minimum atomic E-state index is -0.0388. The summed E-state index contributed by atoms with van der Waals surface area (Å²) in [4.78, 5) is 26.6. The maximum absolute atomic E-state index is 11.7. The van der Waals surface area contributed by atoms with E-state index in [2.05, 4.69) is 0 Å². The van der Waals surface area contributed by atoms with Gasteiger partial charge in [0.05, 0.1) is 13.7 Å². The Morgan fingerprint density at radius 3 is 3.11 bits per heavy atom. The van der Waals surface area contributed by atoms with Crippen molar-refractivity contribution in [1.29, 1.82) is 0 Å². The van der Waals surface area contributed by atoms with E-state index < -0.39 is 0 Å². The van der Waals surface area contributed by atoms with Crippen molar-refractivity contribution in [2.24, 2.45) is 0 Å². The number of fused-ring (bicyclic) bond motifs is 1. The average molecular weight is 251 g/mol. The molecule has 98 valence electrons. The van der Waals surface area contributed by atoms with Crippen LogP contribution in [0.4, 0.5) is 0 Å². The highest BCUT2D eigenvalue weighted by Crippen LogP contribution is 2.27. The second-order valence-electron chi connectivity index (χ2n) is 4.12. The van der Waals surface area contributed by atoms with Crippen LogP contribution < -0.4 is 4.89 Å². The Labute approximate surface area is 106 Å². The van der Waals surface area contributed by atoms with Gasteiger partial charge in [0.25, 0.3) is 0 Å². The number of amides is 1. The minimum Gasteiger partial charge on any atom is -0.337 e. The van der Waals surface area contributed by atoms with Crippen LogP contribution in [0.15, 0.2) is 18.2 Å². The van der Waals surface area contributed by atoms with Gasteiger partial charge in [-0.2, -0.15) is 4.89 Å². The van der Waals surface area contributed by atoms with Crippen molar-refractivity contribution in [3.63, 3.8) is 0 Å². The van der Waals surface area contributed by atoms with Gasteiger partial charge in [-0.05, 0) is 18.1 Å². The van der Waals surface area contributed by atoms with E-state index in [1.54, 1.807) is 7.05 Å². The second kappa shape index (κ2) is 5.84. The molecule has 1 aliphatic heterocycles. The van der Waals surface area contributed by atoms with E-state index in [1.165, 1.54) is 12.2 Å². The van der Waals surface area contributed by atoms with Crippen molar-refractivity contribution in [2.75, 3.05) is 20.8 Å².